The molecule has 0 fully saturated rings. The second kappa shape index (κ2) is 5.86. The standard InChI is InChI=1S/C14H18O.CH4/c1-11-2-6-13(7-3-11)14-8-4-12(10-15)5-9-14;/h2,4,6,8,15H,3,5,7,9-10H2,1H3;1H4. The van der Waals surface area contributed by atoms with Crippen LogP contribution in [-0.2, 0) is 0 Å². The smallest absolute Gasteiger partial charge is 0.0644 e. The van der Waals surface area contributed by atoms with Crippen LogP contribution >= 0.6 is 0 Å². The third kappa shape index (κ3) is 2.96. The number of aliphatic hydroxyl groups is 1. The molecule has 0 saturated carbocycles. The van der Waals surface area contributed by atoms with Crippen LogP contribution in [0.1, 0.15) is 40.0 Å². The summed E-state index contributed by atoms with van der Waals surface area (Å²) in [6.07, 6.45) is 13.2. The van der Waals surface area contributed by atoms with Crippen LogP contribution in [0.3, 0.4) is 0 Å². The summed E-state index contributed by atoms with van der Waals surface area (Å²) in [5, 5.41) is 9.00. The molecule has 0 radical (unpaired) electrons. The van der Waals surface area contributed by atoms with E-state index < -0.39 is 0 Å². The zero-order valence-corrected chi connectivity index (χ0v) is 9.29. The number of allylic oxidation sites excluding steroid dienone is 7. The summed E-state index contributed by atoms with van der Waals surface area (Å²) >= 11 is 0. The fraction of sp³-hybridized carbons (Fsp3) is 0.467. The molecular weight excluding hydrogens is 196 g/mol. The maximum atomic E-state index is 9.00. The van der Waals surface area contributed by atoms with E-state index in [2.05, 4.69) is 31.2 Å². The molecule has 2 rings (SSSR count). The van der Waals surface area contributed by atoms with E-state index in [4.69, 9.17) is 5.11 Å². The van der Waals surface area contributed by atoms with Gasteiger partial charge in [-0.1, -0.05) is 37.3 Å². The highest BCUT2D eigenvalue weighted by molar-refractivity contribution is 5.42. The van der Waals surface area contributed by atoms with E-state index in [1.165, 1.54) is 29.6 Å². The Bertz CT molecular complexity index is 367. The minimum absolute atomic E-state index is 0. The van der Waals surface area contributed by atoms with Gasteiger partial charge in [0.05, 0.1) is 6.61 Å². The van der Waals surface area contributed by atoms with E-state index in [0.717, 1.165) is 18.4 Å². The fourth-order valence-electron chi connectivity index (χ4n) is 2.09. The Morgan fingerprint density at radius 2 is 1.56 bits per heavy atom. The maximum absolute atomic E-state index is 9.00. The lowest BCUT2D eigenvalue weighted by atomic mass is 9.88. The second-order valence-electron chi connectivity index (χ2n) is 4.38. The molecule has 0 aromatic rings. The molecule has 2 aliphatic rings. The van der Waals surface area contributed by atoms with Crippen molar-refractivity contribution in [1.29, 1.82) is 0 Å². The molecule has 0 heterocycles. The maximum Gasteiger partial charge on any atom is 0.0644 e. The van der Waals surface area contributed by atoms with Crippen LogP contribution in [0.15, 0.2) is 46.6 Å². The Morgan fingerprint density at radius 1 is 0.938 bits per heavy atom. The summed E-state index contributed by atoms with van der Waals surface area (Å²) in [5.41, 5.74) is 5.56. The number of hydrogen-bond donors (Lipinski definition) is 1. The molecule has 0 atom stereocenters. The first-order valence-corrected chi connectivity index (χ1v) is 5.66. The van der Waals surface area contributed by atoms with Crippen molar-refractivity contribution >= 4 is 0 Å². The van der Waals surface area contributed by atoms with Crippen molar-refractivity contribution in [1.82, 2.24) is 0 Å². The van der Waals surface area contributed by atoms with Gasteiger partial charge in [-0.05, 0) is 49.3 Å². The molecule has 0 unspecified atom stereocenters. The highest BCUT2D eigenvalue weighted by atomic mass is 16.3. The lowest BCUT2D eigenvalue weighted by molar-refractivity contribution is 0.326. The molecule has 0 spiro atoms. The molecule has 1 N–H and O–H groups in total. The van der Waals surface area contributed by atoms with E-state index >= 15 is 0 Å². The lowest BCUT2D eigenvalue weighted by Gasteiger charge is -2.18. The van der Waals surface area contributed by atoms with Gasteiger partial charge >= 0.3 is 0 Å². The third-order valence-electron chi connectivity index (χ3n) is 3.21. The molecule has 88 valence electrons. The van der Waals surface area contributed by atoms with Crippen molar-refractivity contribution in [3.8, 4) is 0 Å². The Kier molecular flexibility index (Phi) is 4.75. The largest absolute Gasteiger partial charge is 0.392 e. The first kappa shape index (κ1) is 13.0. The normalized spacial score (nSPS) is 20.1. The van der Waals surface area contributed by atoms with Crippen LogP contribution in [-0.4, -0.2) is 11.7 Å². The van der Waals surface area contributed by atoms with Gasteiger partial charge in [0.25, 0.3) is 0 Å². The van der Waals surface area contributed by atoms with Crippen LogP contribution in [0.2, 0.25) is 0 Å². The Balaban J connectivity index is 0.00000128. The van der Waals surface area contributed by atoms with Crippen molar-refractivity contribution in [3.63, 3.8) is 0 Å². The molecule has 0 aliphatic heterocycles. The van der Waals surface area contributed by atoms with E-state index in [1.807, 2.05) is 0 Å². The zero-order valence-electron chi connectivity index (χ0n) is 9.29. The van der Waals surface area contributed by atoms with Gasteiger partial charge in [-0.2, -0.15) is 0 Å². The van der Waals surface area contributed by atoms with Crippen molar-refractivity contribution in [3.05, 3.63) is 46.6 Å². The Hall–Kier alpha value is -1.08. The van der Waals surface area contributed by atoms with Crippen LogP contribution < -0.4 is 0 Å². The SMILES string of the molecule is C.CC1=CC=C(C2=CC=C(CO)CC2)CC1. The molecular formula is C15H22O. The van der Waals surface area contributed by atoms with Crippen molar-refractivity contribution in [2.75, 3.05) is 6.61 Å². The van der Waals surface area contributed by atoms with E-state index in [0.29, 0.717) is 0 Å². The van der Waals surface area contributed by atoms with Crippen LogP contribution in [0.4, 0.5) is 0 Å². The Morgan fingerprint density at radius 3 is 2.00 bits per heavy atom. The lowest BCUT2D eigenvalue weighted by Crippen LogP contribution is -2.01. The first-order valence-electron chi connectivity index (χ1n) is 5.66. The topological polar surface area (TPSA) is 20.2 Å². The van der Waals surface area contributed by atoms with Crippen LogP contribution in [0.5, 0.6) is 0 Å². The summed E-state index contributed by atoms with van der Waals surface area (Å²) in [6, 6.07) is 0. The third-order valence-corrected chi connectivity index (χ3v) is 3.21. The quantitative estimate of drug-likeness (QED) is 0.744. The minimum atomic E-state index is 0. The zero-order chi connectivity index (χ0) is 10.7. The Labute approximate surface area is 98.9 Å². The first-order chi connectivity index (χ1) is 7.29. The summed E-state index contributed by atoms with van der Waals surface area (Å²) in [6.45, 7) is 2.40. The summed E-state index contributed by atoms with van der Waals surface area (Å²) in [5.74, 6) is 0. The molecule has 0 bridgehead atoms. The van der Waals surface area contributed by atoms with Gasteiger partial charge in [-0.25, -0.2) is 0 Å². The molecule has 0 amide bonds. The van der Waals surface area contributed by atoms with Crippen LogP contribution in [0.25, 0.3) is 0 Å². The molecule has 0 aromatic carbocycles. The molecule has 1 nitrogen and oxygen atoms in total. The summed E-state index contributed by atoms with van der Waals surface area (Å²) < 4.78 is 0. The predicted octanol–water partition coefficient (Wildman–Crippen LogP) is 3.93. The predicted molar refractivity (Wildman–Crippen MR) is 70.3 cm³/mol. The van der Waals surface area contributed by atoms with E-state index in [-0.39, 0.29) is 14.0 Å². The van der Waals surface area contributed by atoms with E-state index in [9.17, 15) is 0 Å². The minimum Gasteiger partial charge on any atom is -0.392 e. The molecule has 16 heavy (non-hydrogen) atoms. The van der Waals surface area contributed by atoms with Gasteiger partial charge in [0.15, 0.2) is 0 Å². The molecule has 0 aromatic heterocycles. The van der Waals surface area contributed by atoms with Gasteiger partial charge in [-0.15, -0.1) is 0 Å². The molecule has 1 heteroatoms. The van der Waals surface area contributed by atoms with E-state index in [1.54, 1.807) is 0 Å². The van der Waals surface area contributed by atoms with Gasteiger partial charge in [-0.3, -0.25) is 0 Å². The van der Waals surface area contributed by atoms with Crippen molar-refractivity contribution in [2.24, 2.45) is 0 Å². The van der Waals surface area contributed by atoms with Gasteiger partial charge < -0.3 is 5.11 Å². The molecule has 2 aliphatic carbocycles. The number of rotatable bonds is 2. The van der Waals surface area contributed by atoms with Crippen molar-refractivity contribution in [2.45, 2.75) is 40.0 Å². The van der Waals surface area contributed by atoms with Gasteiger partial charge in [0.1, 0.15) is 0 Å². The fourth-order valence-corrected chi connectivity index (χ4v) is 2.09. The average Bonchev–Trinajstić information content (AvgIpc) is 2.30. The second-order valence-corrected chi connectivity index (χ2v) is 4.38. The molecule has 0 saturated heterocycles. The highest BCUT2D eigenvalue weighted by Gasteiger charge is 2.11. The number of hydrogen-bond acceptors (Lipinski definition) is 1. The average molecular weight is 218 g/mol. The van der Waals surface area contributed by atoms with Gasteiger partial charge in [0, 0.05) is 0 Å². The van der Waals surface area contributed by atoms with Crippen LogP contribution in [0, 0.1) is 0 Å². The monoisotopic (exact) mass is 218 g/mol. The number of aliphatic hydroxyl groups excluding tert-OH is 1. The highest BCUT2D eigenvalue weighted by Crippen LogP contribution is 2.29. The summed E-state index contributed by atoms with van der Waals surface area (Å²) in [4.78, 5) is 0. The van der Waals surface area contributed by atoms with Gasteiger partial charge in [0.2, 0.25) is 0 Å². The summed E-state index contributed by atoms with van der Waals surface area (Å²) in [7, 11) is 0. The van der Waals surface area contributed by atoms with Crippen molar-refractivity contribution < 1.29 is 5.11 Å².